The van der Waals surface area contributed by atoms with Crippen LogP contribution in [0.15, 0.2) is 59.1 Å². The first-order valence-electron chi connectivity index (χ1n) is 10.5. The first-order valence-corrected chi connectivity index (χ1v) is 11.0. The first kappa shape index (κ1) is 23.9. The molecule has 3 heterocycles. The molecule has 10 nitrogen and oxygen atoms in total. The molecule has 11 heteroatoms. The molecule has 1 aromatic carbocycles. The second kappa shape index (κ2) is 9.94. The Kier molecular flexibility index (Phi) is 6.78. The van der Waals surface area contributed by atoms with E-state index in [9.17, 15) is 24.6 Å². The average Bonchev–Trinajstić information content (AvgIpc) is 3.47. The number of rotatable bonds is 8. The number of ether oxygens (including phenoxy) is 1. The summed E-state index contributed by atoms with van der Waals surface area (Å²) in [6.45, 7) is 0.264. The number of carbonyl (C=O) groups is 3. The fourth-order valence-electron chi connectivity index (χ4n) is 3.95. The van der Waals surface area contributed by atoms with Crippen molar-refractivity contribution in [1.82, 2.24) is 15.2 Å². The zero-order valence-electron chi connectivity index (χ0n) is 18.5. The summed E-state index contributed by atoms with van der Waals surface area (Å²) in [7, 11) is 1.31. The summed E-state index contributed by atoms with van der Waals surface area (Å²) in [6.07, 6.45) is 1.76. The van der Waals surface area contributed by atoms with Gasteiger partial charge in [0, 0.05) is 18.3 Å². The highest BCUT2D eigenvalue weighted by Gasteiger charge is 2.41. The summed E-state index contributed by atoms with van der Waals surface area (Å²) in [5, 5.41) is 22.4. The van der Waals surface area contributed by atoms with E-state index in [0.29, 0.717) is 22.1 Å². The largest absolute Gasteiger partial charge is 0.478 e. The zero-order valence-corrected chi connectivity index (χ0v) is 19.3. The minimum atomic E-state index is -1.25. The third-order valence-corrected chi connectivity index (χ3v) is 5.96. The van der Waals surface area contributed by atoms with Crippen LogP contribution in [0.5, 0.6) is 0 Å². The zero-order chi connectivity index (χ0) is 25.1. The van der Waals surface area contributed by atoms with Crippen molar-refractivity contribution in [2.24, 2.45) is 0 Å². The van der Waals surface area contributed by atoms with Gasteiger partial charge in [-0.3, -0.25) is 9.78 Å². The number of carboxylic acid groups (broad SMARTS) is 2. The van der Waals surface area contributed by atoms with Crippen LogP contribution in [0.1, 0.15) is 50.7 Å². The minimum absolute atomic E-state index is 0.0972. The van der Waals surface area contributed by atoms with E-state index in [1.807, 2.05) is 17.0 Å². The predicted molar refractivity (Wildman–Crippen MR) is 127 cm³/mol. The Balaban J connectivity index is 1.74. The molecule has 0 aliphatic carbocycles. The van der Waals surface area contributed by atoms with Gasteiger partial charge in [-0.2, -0.15) is 0 Å². The Labute approximate surface area is 205 Å². The number of nitrogens with one attached hydrogen (secondary N) is 1. The maximum atomic E-state index is 11.8. The lowest BCUT2D eigenvalue weighted by molar-refractivity contribution is -0.140. The second-order valence-electron chi connectivity index (χ2n) is 7.76. The number of aromatic nitrogens is 1. The monoisotopic (exact) mass is 495 g/mol. The van der Waals surface area contributed by atoms with Gasteiger partial charge in [-0.1, -0.05) is 6.07 Å². The Morgan fingerprint density at radius 2 is 1.83 bits per heavy atom. The number of nitrogens with zero attached hydrogens (tertiary/aromatic N) is 2. The van der Waals surface area contributed by atoms with Crippen LogP contribution in [-0.2, 0) is 9.53 Å². The molecule has 1 aliphatic rings. The number of benzene rings is 1. The SMILES string of the molecule is COC(=O)CCN1C(=S)NC(c2ccccn2)C1c1ccc(-c2cc(C(=O)O)cc(C(=O)O)c2)o1. The van der Waals surface area contributed by atoms with Crippen LogP contribution < -0.4 is 5.32 Å². The number of hydrogen-bond acceptors (Lipinski definition) is 7. The number of hydrogen-bond donors (Lipinski definition) is 3. The van der Waals surface area contributed by atoms with E-state index in [1.165, 1.54) is 19.2 Å². The summed E-state index contributed by atoms with van der Waals surface area (Å²) in [5.74, 6) is -2.13. The van der Waals surface area contributed by atoms with Crippen molar-refractivity contribution in [2.45, 2.75) is 18.5 Å². The Morgan fingerprint density at radius 1 is 1.11 bits per heavy atom. The van der Waals surface area contributed by atoms with Crippen molar-refractivity contribution in [3.63, 3.8) is 0 Å². The highest BCUT2D eigenvalue weighted by Crippen LogP contribution is 2.40. The molecule has 0 saturated carbocycles. The summed E-state index contributed by atoms with van der Waals surface area (Å²) >= 11 is 5.54. The maximum Gasteiger partial charge on any atom is 0.335 e. The molecule has 4 rings (SSSR count). The lowest BCUT2D eigenvalue weighted by atomic mass is 10.0. The van der Waals surface area contributed by atoms with E-state index in [4.69, 9.17) is 21.4 Å². The smallest absolute Gasteiger partial charge is 0.335 e. The summed E-state index contributed by atoms with van der Waals surface area (Å²) in [4.78, 5) is 41.0. The highest BCUT2D eigenvalue weighted by molar-refractivity contribution is 7.80. The number of carbonyl (C=O) groups excluding carboxylic acids is 1. The van der Waals surface area contributed by atoms with E-state index in [1.54, 1.807) is 24.4 Å². The van der Waals surface area contributed by atoms with Crippen molar-refractivity contribution in [3.05, 3.63) is 77.3 Å². The minimum Gasteiger partial charge on any atom is -0.478 e. The van der Waals surface area contributed by atoms with Gasteiger partial charge in [0.2, 0.25) is 0 Å². The molecule has 180 valence electrons. The van der Waals surface area contributed by atoms with Gasteiger partial charge in [-0.15, -0.1) is 0 Å². The number of thiocarbonyl (C=S) groups is 1. The Bertz CT molecular complexity index is 1260. The van der Waals surface area contributed by atoms with Gasteiger partial charge in [-0.25, -0.2) is 9.59 Å². The molecule has 0 amide bonds. The van der Waals surface area contributed by atoms with E-state index >= 15 is 0 Å². The standard InChI is InChI=1S/C24H21N3O7S/c1-33-19(28)7-9-27-21(20(26-24(27)35)16-4-2-3-8-25-16)18-6-5-17(34-18)13-10-14(22(29)30)12-15(11-13)23(31)32/h2-6,8,10-12,20-21H,7,9H2,1H3,(H,26,35)(H,29,30)(H,31,32). The van der Waals surface area contributed by atoms with Crippen LogP contribution in [0.2, 0.25) is 0 Å². The van der Waals surface area contributed by atoms with Crippen molar-refractivity contribution < 1.29 is 33.8 Å². The Hall–Kier alpha value is -4.25. The fraction of sp³-hybridized carbons (Fsp3) is 0.208. The molecule has 0 bridgehead atoms. The molecule has 1 fully saturated rings. The van der Waals surface area contributed by atoms with Gasteiger partial charge < -0.3 is 29.6 Å². The van der Waals surface area contributed by atoms with E-state index in [-0.39, 0.29) is 41.9 Å². The average molecular weight is 496 g/mol. The number of pyridine rings is 1. The number of furan rings is 1. The van der Waals surface area contributed by atoms with Crippen LogP contribution in [0.3, 0.4) is 0 Å². The topological polar surface area (TPSA) is 142 Å². The molecule has 0 radical (unpaired) electrons. The molecule has 0 spiro atoms. The van der Waals surface area contributed by atoms with E-state index < -0.39 is 18.0 Å². The van der Waals surface area contributed by atoms with Gasteiger partial charge in [0.15, 0.2) is 5.11 Å². The van der Waals surface area contributed by atoms with Crippen LogP contribution in [-0.4, -0.2) is 56.8 Å². The van der Waals surface area contributed by atoms with Gasteiger partial charge in [0.05, 0.1) is 36.4 Å². The highest BCUT2D eigenvalue weighted by atomic mass is 32.1. The molecule has 35 heavy (non-hydrogen) atoms. The third kappa shape index (κ3) is 4.99. The molecule has 1 aliphatic heterocycles. The molecule has 1 saturated heterocycles. The number of methoxy groups -OCH3 is 1. The lowest BCUT2D eigenvalue weighted by Gasteiger charge is -2.25. The summed E-state index contributed by atoms with van der Waals surface area (Å²) in [5.41, 5.74) is 0.664. The van der Waals surface area contributed by atoms with Crippen LogP contribution in [0.25, 0.3) is 11.3 Å². The third-order valence-electron chi connectivity index (χ3n) is 5.61. The molecule has 3 aromatic rings. The first-order chi connectivity index (χ1) is 16.8. The number of carboxylic acids is 2. The van der Waals surface area contributed by atoms with E-state index in [2.05, 4.69) is 10.3 Å². The molecule has 2 atom stereocenters. The van der Waals surface area contributed by atoms with Crippen molar-refractivity contribution in [1.29, 1.82) is 0 Å². The number of aromatic carboxylic acids is 2. The Morgan fingerprint density at radius 3 is 2.43 bits per heavy atom. The molecular weight excluding hydrogens is 474 g/mol. The predicted octanol–water partition coefficient (Wildman–Crippen LogP) is 3.27. The van der Waals surface area contributed by atoms with Crippen LogP contribution >= 0.6 is 12.2 Å². The van der Waals surface area contributed by atoms with Gasteiger partial charge in [0.25, 0.3) is 0 Å². The van der Waals surface area contributed by atoms with Crippen molar-refractivity contribution in [3.8, 4) is 11.3 Å². The van der Waals surface area contributed by atoms with Crippen molar-refractivity contribution in [2.75, 3.05) is 13.7 Å². The summed E-state index contributed by atoms with van der Waals surface area (Å²) in [6, 6.07) is 11.8. The van der Waals surface area contributed by atoms with Crippen molar-refractivity contribution >= 4 is 35.2 Å². The summed E-state index contributed by atoms with van der Waals surface area (Å²) < 4.78 is 10.9. The molecule has 2 unspecified atom stereocenters. The van der Waals surface area contributed by atoms with E-state index in [0.717, 1.165) is 6.07 Å². The quantitative estimate of drug-likeness (QED) is 0.313. The lowest BCUT2D eigenvalue weighted by Crippen LogP contribution is -2.31. The number of esters is 1. The second-order valence-corrected chi connectivity index (χ2v) is 8.14. The maximum absolute atomic E-state index is 11.8. The molecule has 2 aromatic heterocycles. The van der Waals surface area contributed by atoms with Crippen LogP contribution in [0.4, 0.5) is 0 Å². The van der Waals surface area contributed by atoms with Gasteiger partial charge in [0.1, 0.15) is 17.6 Å². The van der Waals surface area contributed by atoms with Gasteiger partial charge in [-0.05, 0) is 54.7 Å². The van der Waals surface area contributed by atoms with Crippen LogP contribution in [0, 0.1) is 0 Å². The normalized spacial score (nSPS) is 17.2. The molecular formula is C24H21N3O7S. The fourth-order valence-corrected chi connectivity index (χ4v) is 4.28. The molecule has 3 N–H and O–H groups in total. The van der Waals surface area contributed by atoms with Gasteiger partial charge >= 0.3 is 17.9 Å².